The summed E-state index contributed by atoms with van der Waals surface area (Å²) in [6.07, 6.45) is 13.8. The minimum Gasteiger partial charge on any atom is -0.360 e. The highest BCUT2D eigenvalue weighted by atomic mass is 32.1. The molecule has 1 saturated carbocycles. The van der Waals surface area contributed by atoms with Gasteiger partial charge in [-0.25, -0.2) is 0 Å². The second-order valence-electron chi connectivity index (χ2n) is 8.99. The summed E-state index contributed by atoms with van der Waals surface area (Å²) in [5.41, 5.74) is 3.72. The van der Waals surface area contributed by atoms with Gasteiger partial charge >= 0.3 is 0 Å². The number of rotatable bonds is 3. The van der Waals surface area contributed by atoms with Gasteiger partial charge in [0.15, 0.2) is 5.11 Å². The molecule has 0 radical (unpaired) electrons. The molecule has 2 saturated heterocycles. The van der Waals surface area contributed by atoms with E-state index in [1.54, 1.807) is 0 Å². The van der Waals surface area contributed by atoms with Gasteiger partial charge in [-0.3, -0.25) is 4.90 Å². The lowest BCUT2D eigenvalue weighted by molar-refractivity contribution is -0.0195. The van der Waals surface area contributed by atoms with Crippen LogP contribution >= 0.6 is 12.2 Å². The normalized spacial score (nSPS) is 29.3. The number of nitrogens with zero attached hydrogens (tertiary/aromatic N) is 1. The molecule has 4 rings (SSSR count). The van der Waals surface area contributed by atoms with Gasteiger partial charge in [-0.15, -0.1) is 0 Å². The maximum Gasteiger partial charge on any atom is 0.171 e. The Bertz CT molecular complexity index is 654. The fourth-order valence-electron chi connectivity index (χ4n) is 5.74. The average molecular weight is 386 g/mol. The van der Waals surface area contributed by atoms with Crippen molar-refractivity contribution in [1.82, 2.24) is 10.2 Å². The zero-order chi connectivity index (χ0) is 18.8. The summed E-state index contributed by atoms with van der Waals surface area (Å²) in [6, 6.07) is 9.28. The fraction of sp³-hybridized carbons (Fsp3) is 0.696. The highest BCUT2D eigenvalue weighted by Crippen LogP contribution is 2.39. The maximum absolute atomic E-state index is 5.67. The van der Waals surface area contributed by atoms with Crippen LogP contribution in [-0.2, 0) is 0 Å². The lowest BCUT2D eigenvalue weighted by Gasteiger charge is -2.53. The van der Waals surface area contributed by atoms with Crippen LogP contribution in [0.5, 0.6) is 0 Å². The third kappa shape index (κ3) is 4.32. The highest BCUT2D eigenvalue weighted by molar-refractivity contribution is 7.80. The molecule has 1 aromatic carbocycles. The number of thiocarbonyl (C=S) groups is 1. The van der Waals surface area contributed by atoms with Gasteiger partial charge in [-0.05, 0) is 81.8 Å². The first-order valence-corrected chi connectivity index (χ1v) is 11.4. The Kier molecular flexibility index (Phi) is 6.03. The van der Waals surface area contributed by atoms with Crippen molar-refractivity contribution in [3.63, 3.8) is 0 Å². The number of anilines is 1. The van der Waals surface area contributed by atoms with E-state index in [4.69, 9.17) is 12.2 Å². The third-order valence-corrected chi connectivity index (χ3v) is 7.44. The second kappa shape index (κ2) is 8.48. The van der Waals surface area contributed by atoms with Gasteiger partial charge in [-0.2, -0.15) is 0 Å². The maximum atomic E-state index is 5.67. The lowest BCUT2D eigenvalue weighted by atomic mass is 9.78. The Hall–Kier alpha value is -1.13. The third-order valence-electron chi connectivity index (χ3n) is 7.22. The molecule has 0 unspecified atom stereocenters. The fourth-order valence-corrected chi connectivity index (χ4v) is 6.02. The number of aryl methyl sites for hydroxylation is 1. The van der Waals surface area contributed by atoms with E-state index in [2.05, 4.69) is 47.6 Å². The van der Waals surface area contributed by atoms with E-state index in [0.717, 1.165) is 28.9 Å². The molecule has 0 spiro atoms. The number of nitrogens with one attached hydrogen (secondary N) is 2. The molecule has 2 bridgehead atoms. The predicted octanol–water partition coefficient (Wildman–Crippen LogP) is 5.31. The SMILES string of the molecule is Cc1cccc(NC(=S)NC2C[C@@H]3CCC[C@@H](C2)N3C2CCCCC2)c1C. The predicted molar refractivity (Wildman–Crippen MR) is 118 cm³/mol. The van der Waals surface area contributed by atoms with Crippen molar-refractivity contribution < 1.29 is 0 Å². The van der Waals surface area contributed by atoms with Crippen LogP contribution in [0.2, 0.25) is 0 Å². The first-order chi connectivity index (χ1) is 13.1. The van der Waals surface area contributed by atoms with Crippen LogP contribution < -0.4 is 10.6 Å². The van der Waals surface area contributed by atoms with Crippen molar-refractivity contribution in [3.8, 4) is 0 Å². The molecular weight excluding hydrogens is 350 g/mol. The lowest BCUT2D eigenvalue weighted by Crippen LogP contribution is -2.60. The summed E-state index contributed by atoms with van der Waals surface area (Å²) >= 11 is 5.67. The van der Waals surface area contributed by atoms with Crippen LogP contribution in [0.25, 0.3) is 0 Å². The van der Waals surface area contributed by atoms with Crippen molar-refractivity contribution in [1.29, 1.82) is 0 Å². The van der Waals surface area contributed by atoms with Crippen molar-refractivity contribution in [2.45, 2.75) is 102 Å². The van der Waals surface area contributed by atoms with Crippen molar-refractivity contribution in [3.05, 3.63) is 29.3 Å². The minimum atomic E-state index is 0.519. The topological polar surface area (TPSA) is 27.3 Å². The molecule has 2 heterocycles. The summed E-state index contributed by atoms with van der Waals surface area (Å²) in [5, 5.41) is 7.89. The molecule has 0 aromatic heterocycles. The smallest absolute Gasteiger partial charge is 0.171 e. The summed E-state index contributed by atoms with van der Waals surface area (Å²) in [5.74, 6) is 0. The van der Waals surface area contributed by atoms with Gasteiger partial charge in [0.1, 0.15) is 0 Å². The van der Waals surface area contributed by atoms with E-state index in [1.165, 1.54) is 75.3 Å². The number of hydrogen-bond acceptors (Lipinski definition) is 2. The highest BCUT2D eigenvalue weighted by Gasteiger charge is 2.41. The van der Waals surface area contributed by atoms with Gasteiger partial charge in [-0.1, -0.05) is 37.8 Å². The molecule has 148 valence electrons. The van der Waals surface area contributed by atoms with Crippen LogP contribution in [0.3, 0.4) is 0 Å². The number of benzene rings is 1. The molecule has 3 nitrogen and oxygen atoms in total. The molecule has 3 fully saturated rings. The van der Waals surface area contributed by atoms with Gasteiger partial charge < -0.3 is 10.6 Å². The van der Waals surface area contributed by atoms with E-state index in [0.29, 0.717) is 6.04 Å². The van der Waals surface area contributed by atoms with Gasteiger partial charge in [0.2, 0.25) is 0 Å². The Labute approximate surface area is 170 Å². The Morgan fingerprint density at radius 2 is 1.59 bits per heavy atom. The van der Waals surface area contributed by atoms with Crippen LogP contribution in [0.15, 0.2) is 18.2 Å². The largest absolute Gasteiger partial charge is 0.360 e. The number of piperidine rings is 2. The van der Waals surface area contributed by atoms with E-state index in [9.17, 15) is 0 Å². The van der Waals surface area contributed by atoms with Crippen molar-refractivity contribution in [2.24, 2.45) is 0 Å². The molecule has 27 heavy (non-hydrogen) atoms. The quantitative estimate of drug-likeness (QED) is 0.690. The molecule has 2 N–H and O–H groups in total. The standard InChI is InChI=1S/C23H35N3S/c1-16-8-6-13-22(17(16)2)25-23(27)24-18-14-20-11-7-12-21(15-18)26(20)19-9-4-3-5-10-19/h6,8,13,18-21H,3-5,7,9-12,14-15H2,1-2H3,(H2,24,25,27)/t20-,21-/m0/s1. The molecule has 4 heteroatoms. The van der Waals surface area contributed by atoms with E-state index in [-0.39, 0.29) is 0 Å². The Morgan fingerprint density at radius 1 is 0.926 bits per heavy atom. The van der Waals surface area contributed by atoms with E-state index < -0.39 is 0 Å². The van der Waals surface area contributed by atoms with Crippen molar-refractivity contribution in [2.75, 3.05) is 5.32 Å². The molecule has 2 atom stereocenters. The molecule has 2 aliphatic heterocycles. The monoisotopic (exact) mass is 385 g/mol. The molecule has 3 aliphatic rings. The van der Waals surface area contributed by atoms with Crippen molar-refractivity contribution >= 4 is 23.0 Å². The van der Waals surface area contributed by atoms with Gasteiger partial charge in [0, 0.05) is 29.9 Å². The number of fused-ring (bicyclic) bond motifs is 2. The second-order valence-corrected chi connectivity index (χ2v) is 9.40. The van der Waals surface area contributed by atoms with Gasteiger partial charge in [0.05, 0.1) is 0 Å². The zero-order valence-corrected chi connectivity index (χ0v) is 17.8. The first kappa shape index (κ1) is 19.2. The molecule has 1 aromatic rings. The molecule has 0 amide bonds. The Morgan fingerprint density at radius 3 is 2.30 bits per heavy atom. The Balaban J connectivity index is 1.37. The summed E-state index contributed by atoms with van der Waals surface area (Å²) in [4.78, 5) is 2.95. The van der Waals surface area contributed by atoms with E-state index >= 15 is 0 Å². The van der Waals surface area contributed by atoms with Crippen LogP contribution in [0.1, 0.15) is 75.3 Å². The zero-order valence-electron chi connectivity index (χ0n) is 17.0. The summed E-state index contributed by atoms with van der Waals surface area (Å²) < 4.78 is 0. The molecule has 1 aliphatic carbocycles. The summed E-state index contributed by atoms with van der Waals surface area (Å²) in [6.45, 7) is 4.31. The van der Waals surface area contributed by atoms with Crippen LogP contribution in [0, 0.1) is 13.8 Å². The minimum absolute atomic E-state index is 0.519. The first-order valence-electron chi connectivity index (χ1n) is 11.0. The van der Waals surface area contributed by atoms with Crippen LogP contribution in [-0.4, -0.2) is 34.2 Å². The average Bonchev–Trinajstić information content (AvgIpc) is 2.65. The van der Waals surface area contributed by atoms with E-state index in [1.807, 2.05) is 0 Å². The van der Waals surface area contributed by atoms with Crippen LogP contribution in [0.4, 0.5) is 5.69 Å². The molecular formula is C23H35N3S. The number of hydrogen-bond donors (Lipinski definition) is 2. The van der Waals surface area contributed by atoms with Gasteiger partial charge in [0.25, 0.3) is 0 Å². The summed E-state index contributed by atoms with van der Waals surface area (Å²) in [7, 11) is 0.